The third-order valence-electron chi connectivity index (χ3n) is 3.75. The molecule has 0 saturated heterocycles. The largest absolute Gasteiger partial charge is 0.317 e. The summed E-state index contributed by atoms with van der Waals surface area (Å²) in [6.45, 7) is 0. The Hall–Kier alpha value is -0.890. The van der Waals surface area contributed by atoms with E-state index in [9.17, 15) is 0 Å². The highest BCUT2D eigenvalue weighted by Crippen LogP contribution is 2.26. The molecular weight excluding hydrogens is 196 g/mol. The van der Waals surface area contributed by atoms with Crippen molar-refractivity contribution in [1.82, 2.24) is 10.3 Å². The molecule has 1 aromatic heterocycles. The van der Waals surface area contributed by atoms with E-state index in [1.54, 1.807) is 0 Å². The predicted octanol–water partition coefficient (Wildman–Crippen LogP) is 2.79. The second kappa shape index (κ2) is 6.00. The molecule has 0 aliphatic heterocycles. The molecule has 0 radical (unpaired) electrons. The van der Waals surface area contributed by atoms with Crippen molar-refractivity contribution in [2.45, 2.75) is 44.6 Å². The van der Waals surface area contributed by atoms with Gasteiger partial charge in [0.15, 0.2) is 0 Å². The molecule has 1 heterocycles. The van der Waals surface area contributed by atoms with E-state index < -0.39 is 0 Å². The fourth-order valence-electron chi connectivity index (χ4n) is 2.83. The number of nitrogens with one attached hydrogen (secondary N) is 1. The van der Waals surface area contributed by atoms with Gasteiger partial charge in [0.25, 0.3) is 0 Å². The van der Waals surface area contributed by atoms with Crippen LogP contribution >= 0.6 is 0 Å². The van der Waals surface area contributed by atoms with Gasteiger partial charge in [-0.05, 0) is 43.9 Å². The average Bonchev–Trinajstić information content (AvgIpc) is 2.55. The molecule has 0 spiro atoms. The Morgan fingerprint density at radius 2 is 2.19 bits per heavy atom. The van der Waals surface area contributed by atoms with Gasteiger partial charge in [0.2, 0.25) is 0 Å². The van der Waals surface area contributed by atoms with Crippen LogP contribution in [0.4, 0.5) is 0 Å². The van der Waals surface area contributed by atoms with Crippen LogP contribution in [0.25, 0.3) is 0 Å². The molecule has 2 atom stereocenters. The minimum absolute atomic E-state index is 0.697. The Morgan fingerprint density at radius 3 is 2.94 bits per heavy atom. The Morgan fingerprint density at radius 1 is 1.31 bits per heavy atom. The molecule has 2 nitrogen and oxygen atoms in total. The quantitative estimate of drug-likeness (QED) is 0.789. The molecule has 0 bridgehead atoms. The van der Waals surface area contributed by atoms with Crippen molar-refractivity contribution in [2.24, 2.45) is 5.92 Å². The van der Waals surface area contributed by atoms with Crippen molar-refractivity contribution >= 4 is 0 Å². The van der Waals surface area contributed by atoms with Gasteiger partial charge in [-0.2, -0.15) is 0 Å². The fraction of sp³-hybridized carbons (Fsp3) is 0.643. The number of hydrogen-bond donors (Lipinski definition) is 1. The molecule has 1 aliphatic carbocycles. The summed E-state index contributed by atoms with van der Waals surface area (Å²) in [5.74, 6) is 0.789. The summed E-state index contributed by atoms with van der Waals surface area (Å²) in [5.41, 5.74) is 1.38. The van der Waals surface area contributed by atoms with Gasteiger partial charge in [-0.3, -0.25) is 4.98 Å². The molecule has 0 aromatic carbocycles. The molecular formula is C14H22N2. The first-order valence-corrected chi connectivity index (χ1v) is 6.46. The third kappa shape index (κ3) is 3.05. The Kier molecular flexibility index (Phi) is 4.34. The van der Waals surface area contributed by atoms with Gasteiger partial charge >= 0.3 is 0 Å². The summed E-state index contributed by atoms with van der Waals surface area (Å²) < 4.78 is 0. The summed E-state index contributed by atoms with van der Waals surface area (Å²) in [7, 11) is 2.10. The lowest BCUT2D eigenvalue weighted by Crippen LogP contribution is -2.33. The highest BCUT2D eigenvalue weighted by Gasteiger charge is 2.22. The van der Waals surface area contributed by atoms with Gasteiger partial charge in [0.05, 0.1) is 0 Å². The van der Waals surface area contributed by atoms with Crippen LogP contribution in [0.2, 0.25) is 0 Å². The zero-order chi connectivity index (χ0) is 11.2. The first-order chi connectivity index (χ1) is 7.90. The molecule has 1 N–H and O–H groups in total. The van der Waals surface area contributed by atoms with Gasteiger partial charge in [-0.15, -0.1) is 0 Å². The molecule has 1 aromatic rings. The lowest BCUT2D eigenvalue weighted by molar-refractivity contribution is 0.350. The van der Waals surface area contributed by atoms with Crippen molar-refractivity contribution in [1.29, 1.82) is 0 Å². The maximum absolute atomic E-state index is 4.20. The Balaban J connectivity index is 2.00. The van der Waals surface area contributed by atoms with E-state index in [-0.39, 0.29) is 0 Å². The van der Waals surface area contributed by atoms with Crippen LogP contribution in [0.15, 0.2) is 24.5 Å². The number of pyridine rings is 1. The van der Waals surface area contributed by atoms with E-state index >= 15 is 0 Å². The normalized spacial score (nSPS) is 26.3. The smallest absolute Gasteiger partial charge is 0.0299 e. The average molecular weight is 218 g/mol. The lowest BCUT2D eigenvalue weighted by atomic mass is 9.89. The van der Waals surface area contributed by atoms with Crippen LogP contribution in [0.1, 0.15) is 37.7 Å². The molecule has 0 amide bonds. The fourth-order valence-corrected chi connectivity index (χ4v) is 2.83. The summed E-state index contributed by atoms with van der Waals surface area (Å²) in [6.07, 6.45) is 11.9. The van der Waals surface area contributed by atoms with Gasteiger partial charge in [0.1, 0.15) is 0 Å². The first kappa shape index (κ1) is 11.6. The molecule has 2 heteroatoms. The van der Waals surface area contributed by atoms with Gasteiger partial charge < -0.3 is 5.32 Å². The maximum Gasteiger partial charge on any atom is 0.0299 e. The van der Waals surface area contributed by atoms with E-state index in [0.717, 1.165) is 5.92 Å². The SMILES string of the molecule is CNC1CCCCCC1Cc1cccnc1. The number of hydrogen-bond acceptors (Lipinski definition) is 2. The third-order valence-corrected chi connectivity index (χ3v) is 3.75. The monoisotopic (exact) mass is 218 g/mol. The van der Waals surface area contributed by atoms with Gasteiger partial charge in [-0.25, -0.2) is 0 Å². The molecule has 2 unspecified atom stereocenters. The van der Waals surface area contributed by atoms with Crippen molar-refractivity contribution in [3.05, 3.63) is 30.1 Å². The van der Waals surface area contributed by atoms with E-state index in [1.807, 2.05) is 18.5 Å². The first-order valence-electron chi connectivity index (χ1n) is 6.46. The number of nitrogens with zero attached hydrogens (tertiary/aromatic N) is 1. The highest BCUT2D eigenvalue weighted by molar-refractivity contribution is 5.10. The summed E-state index contributed by atoms with van der Waals surface area (Å²) in [6, 6.07) is 4.94. The molecule has 1 aliphatic rings. The van der Waals surface area contributed by atoms with Crippen LogP contribution in [0, 0.1) is 5.92 Å². The van der Waals surface area contributed by atoms with Gasteiger partial charge in [0, 0.05) is 18.4 Å². The number of aromatic nitrogens is 1. The molecule has 1 fully saturated rings. The Bertz CT molecular complexity index is 297. The second-order valence-electron chi connectivity index (χ2n) is 4.86. The lowest BCUT2D eigenvalue weighted by Gasteiger charge is -2.24. The topological polar surface area (TPSA) is 24.9 Å². The van der Waals surface area contributed by atoms with Crippen molar-refractivity contribution in [3.63, 3.8) is 0 Å². The van der Waals surface area contributed by atoms with Gasteiger partial charge in [-0.1, -0.05) is 25.3 Å². The predicted molar refractivity (Wildman–Crippen MR) is 67.4 cm³/mol. The zero-order valence-electron chi connectivity index (χ0n) is 10.2. The maximum atomic E-state index is 4.20. The molecule has 1 saturated carbocycles. The zero-order valence-corrected chi connectivity index (χ0v) is 10.2. The minimum Gasteiger partial charge on any atom is -0.317 e. The standard InChI is InChI=1S/C14H22N2/c1-15-14-8-4-2-3-7-13(14)10-12-6-5-9-16-11-12/h5-6,9,11,13-15H,2-4,7-8,10H2,1H3. The van der Waals surface area contributed by atoms with E-state index in [2.05, 4.69) is 23.4 Å². The van der Waals surface area contributed by atoms with Crippen molar-refractivity contribution in [2.75, 3.05) is 7.05 Å². The number of rotatable bonds is 3. The second-order valence-corrected chi connectivity index (χ2v) is 4.86. The Labute approximate surface area is 98.5 Å². The van der Waals surface area contributed by atoms with Crippen LogP contribution in [0.5, 0.6) is 0 Å². The summed E-state index contributed by atoms with van der Waals surface area (Å²) in [4.78, 5) is 4.20. The van der Waals surface area contributed by atoms with E-state index in [4.69, 9.17) is 0 Å². The molecule has 2 rings (SSSR count). The molecule has 88 valence electrons. The summed E-state index contributed by atoms with van der Waals surface area (Å²) >= 11 is 0. The van der Waals surface area contributed by atoms with Crippen LogP contribution in [-0.4, -0.2) is 18.1 Å². The van der Waals surface area contributed by atoms with Crippen molar-refractivity contribution < 1.29 is 0 Å². The van der Waals surface area contributed by atoms with Crippen LogP contribution in [-0.2, 0) is 6.42 Å². The highest BCUT2D eigenvalue weighted by atomic mass is 14.9. The van der Waals surface area contributed by atoms with Crippen LogP contribution < -0.4 is 5.32 Å². The molecule has 16 heavy (non-hydrogen) atoms. The van der Waals surface area contributed by atoms with Crippen molar-refractivity contribution in [3.8, 4) is 0 Å². The minimum atomic E-state index is 0.697. The van der Waals surface area contributed by atoms with E-state index in [1.165, 1.54) is 44.1 Å². The van der Waals surface area contributed by atoms with E-state index in [0.29, 0.717) is 6.04 Å². The summed E-state index contributed by atoms with van der Waals surface area (Å²) in [5, 5.41) is 3.49. The van der Waals surface area contributed by atoms with Crippen LogP contribution in [0.3, 0.4) is 0 Å².